The minimum atomic E-state index is -3.28. The molecule has 0 spiro atoms. The Bertz CT molecular complexity index is 1140. The number of aryl methyl sites for hydroxylation is 1. The zero-order valence-electron chi connectivity index (χ0n) is 20.4. The van der Waals surface area contributed by atoms with Gasteiger partial charge in [-0.25, -0.2) is 4.62 Å². The molecule has 0 aliphatic rings. The van der Waals surface area contributed by atoms with E-state index in [1.165, 1.54) is 5.06 Å². The number of hydrogen-bond donors (Lipinski definition) is 0. The quantitative estimate of drug-likeness (QED) is 0.186. The van der Waals surface area contributed by atoms with E-state index >= 15 is 0 Å². The van der Waals surface area contributed by atoms with Gasteiger partial charge in [-0.1, -0.05) is 60.7 Å². The topological polar surface area (TPSA) is 71.8 Å². The third-order valence-electron chi connectivity index (χ3n) is 5.44. The van der Waals surface area contributed by atoms with Crippen LogP contribution in [0, 0.1) is 11.3 Å². The van der Waals surface area contributed by atoms with Gasteiger partial charge in [0.25, 0.3) is 7.37 Å². The average Bonchev–Trinajstić information content (AvgIpc) is 2.87. The molecule has 0 radical (unpaired) electrons. The molecule has 0 bridgehead atoms. The molecule has 1 atom stereocenters. The molecule has 0 saturated carbocycles. The molecular formula is C28H33N2O4P. The van der Waals surface area contributed by atoms with Crippen LogP contribution in [0.4, 0.5) is 0 Å². The molecular weight excluding hydrogens is 459 g/mol. The summed E-state index contributed by atoms with van der Waals surface area (Å²) < 4.78 is 31.5. The highest BCUT2D eigenvalue weighted by Crippen LogP contribution is 2.46. The summed E-state index contributed by atoms with van der Waals surface area (Å²) in [6.07, 6.45) is 1.90. The maximum absolute atomic E-state index is 14.1. The fourth-order valence-corrected chi connectivity index (χ4v) is 6.15. The number of hydrogen-bond acceptors (Lipinski definition) is 6. The number of hydroxylamine groups is 2. The molecule has 0 amide bonds. The van der Waals surface area contributed by atoms with Crippen molar-refractivity contribution in [2.45, 2.75) is 25.9 Å². The van der Waals surface area contributed by atoms with E-state index in [1.807, 2.05) is 78.9 Å². The molecule has 0 heterocycles. The molecule has 0 aliphatic heterocycles. The molecule has 0 saturated heterocycles. The predicted octanol–water partition coefficient (Wildman–Crippen LogP) is 4.64. The summed E-state index contributed by atoms with van der Waals surface area (Å²) in [7, 11) is 0.211. The molecule has 3 aromatic rings. The Morgan fingerprint density at radius 3 is 2.14 bits per heavy atom. The van der Waals surface area contributed by atoms with Crippen molar-refractivity contribution in [3.8, 4) is 6.07 Å². The second-order valence-electron chi connectivity index (χ2n) is 8.28. The normalized spacial score (nSPS) is 12.9. The van der Waals surface area contributed by atoms with E-state index in [9.17, 15) is 4.57 Å². The van der Waals surface area contributed by atoms with Crippen LogP contribution >= 0.6 is 7.37 Å². The Balaban J connectivity index is 1.50. The van der Waals surface area contributed by atoms with Gasteiger partial charge in [-0.3, -0.25) is 4.57 Å². The summed E-state index contributed by atoms with van der Waals surface area (Å²) in [5.74, 6) is 0. The highest BCUT2D eigenvalue weighted by atomic mass is 31.2. The van der Waals surface area contributed by atoms with Crippen molar-refractivity contribution in [1.82, 2.24) is 5.06 Å². The van der Waals surface area contributed by atoms with E-state index < -0.39 is 7.37 Å². The SMILES string of the molecule is CN(C)OP(=O)(c1ccccc1)c1ccccc1CCCOCCOCc1ccccc1CC#N. The lowest BCUT2D eigenvalue weighted by molar-refractivity contribution is 0.00511. The van der Waals surface area contributed by atoms with Gasteiger partial charge in [-0.2, -0.15) is 10.3 Å². The average molecular weight is 493 g/mol. The molecule has 0 aliphatic carbocycles. The molecule has 6 nitrogen and oxygen atoms in total. The van der Waals surface area contributed by atoms with Gasteiger partial charge < -0.3 is 9.47 Å². The van der Waals surface area contributed by atoms with Gasteiger partial charge in [0, 0.05) is 31.3 Å². The monoisotopic (exact) mass is 492 g/mol. The smallest absolute Gasteiger partial charge is 0.277 e. The van der Waals surface area contributed by atoms with Crippen LogP contribution in [0.15, 0.2) is 78.9 Å². The Labute approximate surface area is 208 Å². The zero-order chi connectivity index (χ0) is 24.9. The van der Waals surface area contributed by atoms with Crippen LogP contribution in [0.5, 0.6) is 0 Å². The summed E-state index contributed by atoms with van der Waals surface area (Å²) in [6.45, 7) is 2.02. The van der Waals surface area contributed by atoms with E-state index in [-0.39, 0.29) is 0 Å². The van der Waals surface area contributed by atoms with Crippen molar-refractivity contribution in [2.24, 2.45) is 0 Å². The van der Waals surface area contributed by atoms with Gasteiger partial charge in [-0.05, 0) is 47.7 Å². The van der Waals surface area contributed by atoms with Crippen LogP contribution in [0.1, 0.15) is 23.1 Å². The van der Waals surface area contributed by atoms with E-state index in [0.29, 0.717) is 38.2 Å². The van der Waals surface area contributed by atoms with Crippen molar-refractivity contribution in [3.63, 3.8) is 0 Å². The fraction of sp³-hybridized carbons (Fsp3) is 0.321. The largest absolute Gasteiger partial charge is 0.379 e. The van der Waals surface area contributed by atoms with Crippen LogP contribution in [-0.2, 0) is 38.1 Å². The minimum absolute atomic E-state index is 0.383. The lowest BCUT2D eigenvalue weighted by Gasteiger charge is -2.24. The molecule has 7 heteroatoms. The maximum Gasteiger partial charge on any atom is 0.277 e. The summed E-state index contributed by atoms with van der Waals surface area (Å²) in [5, 5.41) is 11.8. The maximum atomic E-state index is 14.1. The molecule has 184 valence electrons. The number of nitrogens with zero attached hydrogens (tertiary/aromatic N) is 2. The van der Waals surface area contributed by atoms with E-state index in [1.54, 1.807) is 14.1 Å². The van der Waals surface area contributed by atoms with Crippen molar-refractivity contribution in [2.75, 3.05) is 33.9 Å². The summed E-state index contributed by atoms with van der Waals surface area (Å²) >= 11 is 0. The first-order valence-electron chi connectivity index (χ1n) is 11.7. The first-order valence-corrected chi connectivity index (χ1v) is 13.4. The van der Waals surface area contributed by atoms with Crippen LogP contribution in [0.2, 0.25) is 0 Å². The lowest BCUT2D eigenvalue weighted by Crippen LogP contribution is -2.26. The Hall–Kier alpha value is -2.78. The second kappa shape index (κ2) is 13.9. The van der Waals surface area contributed by atoms with E-state index in [0.717, 1.165) is 34.8 Å². The van der Waals surface area contributed by atoms with Crippen molar-refractivity contribution in [1.29, 1.82) is 5.26 Å². The third kappa shape index (κ3) is 7.86. The number of ether oxygens (including phenoxy) is 2. The Morgan fingerprint density at radius 2 is 1.43 bits per heavy atom. The number of nitriles is 1. The number of benzene rings is 3. The molecule has 35 heavy (non-hydrogen) atoms. The second-order valence-corrected chi connectivity index (χ2v) is 10.5. The minimum Gasteiger partial charge on any atom is -0.379 e. The van der Waals surface area contributed by atoms with E-state index in [4.69, 9.17) is 19.4 Å². The van der Waals surface area contributed by atoms with Crippen molar-refractivity contribution < 1.29 is 18.7 Å². The van der Waals surface area contributed by atoms with Crippen molar-refractivity contribution in [3.05, 3.63) is 95.6 Å². The molecule has 1 unspecified atom stereocenters. The Kier molecular flexibility index (Phi) is 10.7. The van der Waals surface area contributed by atoms with Crippen LogP contribution in [0.3, 0.4) is 0 Å². The lowest BCUT2D eigenvalue weighted by atomic mass is 10.1. The van der Waals surface area contributed by atoms with Crippen molar-refractivity contribution >= 4 is 18.0 Å². The first kappa shape index (κ1) is 26.8. The number of rotatable bonds is 14. The first-order chi connectivity index (χ1) is 17.0. The van der Waals surface area contributed by atoms with Crippen LogP contribution in [-0.4, -0.2) is 39.0 Å². The van der Waals surface area contributed by atoms with Gasteiger partial charge in [-0.15, -0.1) is 0 Å². The molecule has 3 rings (SSSR count). The molecule has 0 N–H and O–H groups in total. The van der Waals surface area contributed by atoms with Gasteiger partial charge >= 0.3 is 0 Å². The molecule has 0 fully saturated rings. The van der Waals surface area contributed by atoms with Gasteiger partial charge in [0.2, 0.25) is 0 Å². The summed E-state index contributed by atoms with van der Waals surface area (Å²) in [5.41, 5.74) is 3.03. The van der Waals surface area contributed by atoms with Gasteiger partial charge in [0.15, 0.2) is 0 Å². The van der Waals surface area contributed by atoms with Crippen LogP contribution in [0.25, 0.3) is 0 Å². The van der Waals surface area contributed by atoms with E-state index in [2.05, 4.69) is 6.07 Å². The standard InChI is InChI=1S/C28H33N2O4P/c1-30(2)34-35(31,27-15-4-3-5-16-27)28-17-9-8-12-25(28)14-10-20-32-21-22-33-23-26-13-7-6-11-24(26)18-19-29/h3-9,11-13,15-17H,10,14,18,20-23H2,1-2H3. The molecule has 0 aromatic heterocycles. The third-order valence-corrected chi connectivity index (χ3v) is 8.04. The zero-order valence-corrected chi connectivity index (χ0v) is 21.3. The van der Waals surface area contributed by atoms with Crippen LogP contribution < -0.4 is 10.6 Å². The summed E-state index contributed by atoms with van der Waals surface area (Å²) in [4.78, 5) is 0. The fourth-order valence-electron chi connectivity index (χ4n) is 3.82. The highest BCUT2D eigenvalue weighted by molar-refractivity contribution is 7.74. The van der Waals surface area contributed by atoms with Gasteiger partial charge in [0.05, 0.1) is 32.3 Å². The predicted molar refractivity (Wildman–Crippen MR) is 139 cm³/mol. The Morgan fingerprint density at radius 1 is 0.800 bits per heavy atom. The molecule has 3 aromatic carbocycles. The summed E-state index contributed by atoms with van der Waals surface area (Å²) in [6, 6.07) is 27.1. The van der Waals surface area contributed by atoms with Gasteiger partial charge in [0.1, 0.15) is 0 Å². The highest BCUT2D eigenvalue weighted by Gasteiger charge is 2.32.